The number of nitrogens with one attached hydrogen (secondary N) is 1. The minimum absolute atomic E-state index is 0.422. The van der Waals surface area contributed by atoms with Crippen molar-refractivity contribution < 1.29 is 8.42 Å². The smallest absolute Gasteiger partial charge is 0.274 e. The molecule has 0 bridgehead atoms. The standard InChI is InChI=1S/C8H20N4O2S/c1-11-5-7-12(8-6-11)4-2-3-10-15(9,13)14/h10H,2-8H2,1H3,(H2,9,13,14). The molecule has 1 fully saturated rings. The summed E-state index contributed by atoms with van der Waals surface area (Å²) in [5, 5.41) is 4.81. The van der Waals surface area contributed by atoms with E-state index in [9.17, 15) is 8.42 Å². The van der Waals surface area contributed by atoms with Crippen molar-refractivity contribution in [2.75, 3.05) is 46.3 Å². The molecule has 0 aromatic carbocycles. The molecule has 7 heteroatoms. The zero-order valence-corrected chi connectivity index (χ0v) is 9.96. The van der Waals surface area contributed by atoms with E-state index in [2.05, 4.69) is 21.6 Å². The average molecular weight is 236 g/mol. The van der Waals surface area contributed by atoms with Gasteiger partial charge in [-0.05, 0) is 20.0 Å². The van der Waals surface area contributed by atoms with E-state index in [0.717, 1.165) is 39.1 Å². The van der Waals surface area contributed by atoms with Crippen LogP contribution in [-0.4, -0.2) is 64.5 Å². The second-order valence-corrected chi connectivity index (χ2v) is 5.32. The van der Waals surface area contributed by atoms with Gasteiger partial charge < -0.3 is 9.80 Å². The van der Waals surface area contributed by atoms with Crippen LogP contribution < -0.4 is 9.86 Å². The zero-order valence-electron chi connectivity index (χ0n) is 9.15. The van der Waals surface area contributed by atoms with Crippen LogP contribution >= 0.6 is 0 Å². The second-order valence-electron chi connectivity index (χ2n) is 3.94. The van der Waals surface area contributed by atoms with Gasteiger partial charge >= 0.3 is 0 Å². The molecular weight excluding hydrogens is 216 g/mol. The average Bonchev–Trinajstić information content (AvgIpc) is 2.14. The molecule has 0 saturated carbocycles. The third kappa shape index (κ3) is 6.06. The van der Waals surface area contributed by atoms with Gasteiger partial charge in [0.25, 0.3) is 10.2 Å². The fraction of sp³-hybridized carbons (Fsp3) is 1.00. The Bertz CT molecular complexity index is 272. The van der Waals surface area contributed by atoms with E-state index in [1.807, 2.05) is 0 Å². The monoisotopic (exact) mass is 236 g/mol. The number of nitrogens with zero attached hydrogens (tertiary/aromatic N) is 2. The SMILES string of the molecule is CN1CCN(CCCNS(N)(=O)=O)CC1. The molecule has 1 rings (SSSR count). The van der Waals surface area contributed by atoms with Gasteiger partial charge in [0.05, 0.1) is 0 Å². The van der Waals surface area contributed by atoms with Crippen molar-refractivity contribution in [2.24, 2.45) is 5.14 Å². The van der Waals surface area contributed by atoms with Gasteiger partial charge in [-0.2, -0.15) is 8.42 Å². The van der Waals surface area contributed by atoms with Crippen LogP contribution in [0.3, 0.4) is 0 Å². The van der Waals surface area contributed by atoms with E-state index >= 15 is 0 Å². The molecule has 0 amide bonds. The zero-order chi connectivity index (χ0) is 11.3. The van der Waals surface area contributed by atoms with Crippen LogP contribution in [-0.2, 0) is 10.2 Å². The Balaban J connectivity index is 2.06. The molecule has 1 aliphatic heterocycles. The molecule has 6 nitrogen and oxygen atoms in total. The van der Waals surface area contributed by atoms with Crippen molar-refractivity contribution in [1.82, 2.24) is 14.5 Å². The molecule has 3 N–H and O–H groups in total. The van der Waals surface area contributed by atoms with Gasteiger partial charge in [-0.1, -0.05) is 0 Å². The maximum absolute atomic E-state index is 10.6. The molecule has 0 aromatic rings. The molecule has 0 spiro atoms. The molecule has 0 aromatic heterocycles. The van der Waals surface area contributed by atoms with Crippen molar-refractivity contribution in [3.05, 3.63) is 0 Å². The predicted octanol–water partition coefficient (Wildman–Crippen LogP) is -1.58. The summed E-state index contributed by atoms with van der Waals surface area (Å²) in [7, 11) is -1.40. The predicted molar refractivity (Wildman–Crippen MR) is 59.7 cm³/mol. The van der Waals surface area contributed by atoms with E-state index in [1.54, 1.807) is 0 Å². The van der Waals surface area contributed by atoms with Gasteiger partial charge in [-0.3, -0.25) is 0 Å². The molecule has 1 saturated heterocycles. The maximum Gasteiger partial charge on any atom is 0.274 e. The minimum Gasteiger partial charge on any atom is -0.304 e. The van der Waals surface area contributed by atoms with Crippen LogP contribution in [0.1, 0.15) is 6.42 Å². The minimum atomic E-state index is -3.51. The Hall–Kier alpha value is -0.210. The van der Waals surface area contributed by atoms with Crippen LogP contribution in [0.25, 0.3) is 0 Å². The van der Waals surface area contributed by atoms with E-state index in [-0.39, 0.29) is 0 Å². The normalized spacial score (nSPS) is 20.7. The Morgan fingerprint density at radius 3 is 2.40 bits per heavy atom. The lowest BCUT2D eigenvalue weighted by molar-refractivity contribution is 0.153. The molecule has 15 heavy (non-hydrogen) atoms. The molecular formula is C8H20N4O2S. The number of nitrogens with two attached hydrogens (primary N) is 1. The Morgan fingerprint density at radius 2 is 1.87 bits per heavy atom. The maximum atomic E-state index is 10.6. The highest BCUT2D eigenvalue weighted by Crippen LogP contribution is 1.99. The molecule has 1 heterocycles. The van der Waals surface area contributed by atoms with E-state index in [4.69, 9.17) is 5.14 Å². The van der Waals surface area contributed by atoms with Crippen molar-refractivity contribution in [3.63, 3.8) is 0 Å². The van der Waals surface area contributed by atoms with E-state index < -0.39 is 10.2 Å². The van der Waals surface area contributed by atoms with Gasteiger partial charge in [-0.15, -0.1) is 0 Å². The molecule has 1 aliphatic rings. The van der Waals surface area contributed by atoms with Crippen LogP contribution in [0, 0.1) is 0 Å². The lowest BCUT2D eigenvalue weighted by Crippen LogP contribution is -2.45. The molecule has 90 valence electrons. The highest BCUT2D eigenvalue weighted by atomic mass is 32.2. The van der Waals surface area contributed by atoms with Gasteiger partial charge in [0.1, 0.15) is 0 Å². The largest absolute Gasteiger partial charge is 0.304 e. The first-order valence-electron chi connectivity index (χ1n) is 5.16. The first-order chi connectivity index (χ1) is 6.97. The van der Waals surface area contributed by atoms with Crippen molar-refractivity contribution in [1.29, 1.82) is 0 Å². The molecule has 0 radical (unpaired) electrons. The van der Waals surface area contributed by atoms with Gasteiger partial charge in [0.15, 0.2) is 0 Å². The summed E-state index contributed by atoms with van der Waals surface area (Å²) in [6.45, 7) is 5.64. The third-order valence-corrected chi connectivity index (χ3v) is 3.16. The van der Waals surface area contributed by atoms with Gasteiger partial charge in [0, 0.05) is 32.7 Å². The number of rotatable bonds is 5. The molecule has 0 atom stereocenters. The van der Waals surface area contributed by atoms with Crippen molar-refractivity contribution in [3.8, 4) is 0 Å². The first-order valence-corrected chi connectivity index (χ1v) is 6.70. The lowest BCUT2D eigenvalue weighted by Gasteiger charge is -2.32. The Kier molecular flexibility index (Phi) is 4.94. The van der Waals surface area contributed by atoms with Gasteiger partial charge in [-0.25, -0.2) is 9.86 Å². The summed E-state index contributed by atoms with van der Waals surface area (Å²) in [4.78, 5) is 4.63. The van der Waals surface area contributed by atoms with Gasteiger partial charge in [0.2, 0.25) is 0 Å². The van der Waals surface area contributed by atoms with E-state index in [0.29, 0.717) is 6.54 Å². The fourth-order valence-corrected chi connectivity index (χ4v) is 2.02. The van der Waals surface area contributed by atoms with Crippen LogP contribution in [0.5, 0.6) is 0 Å². The number of hydrogen-bond donors (Lipinski definition) is 2. The van der Waals surface area contributed by atoms with Crippen molar-refractivity contribution >= 4 is 10.2 Å². The summed E-state index contributed by atoms with van der Waals surface area (Å²) in [5.74, 6) is 0. The lowest BCUT2D eigenvalue weighted by atomic mass is 10.3. The summed E-state index contributed by atoms with van der Waals surface area (Å²) < 4.78 is 23.4. The fourth-order valence-electron chi connectivity index (χ4n) is 1.59. The summed E-state index contributed by atoms with van der Waals surface area (Å²) in [6.07, 6.45) is 0.806. The highest BCUT2D eigenvalue weighted by molar-refractivity contribution is 7.87. The second kappa shape index (κ2) is 5.76. The van der Waals surface area contributed by atoms with Crippen LogP contribution in [0.4, 0.5) is 0 Å². The Morgan fingerprint density at radius 1 is 1.27 bits per heavy atom. The highest BCUT2D eigenvalue weighted by Gasteiger charge is 2.12. The van der Waals surface area contributed by atoms with Crippen LogP contribution in [0.15, 0.2) is 0 Å². The van der Waals surface area contributed by atoms with Crippen LogP contribution in [0.2, 0.25) is 0 Å². The third-order valence-electron chi connectivity index (χ3n) is 2.55. The molecule has 0 aliphatic carbocycles. The topological polar surface area (TPSA) is 78.7 Å². The number of piperazine rings is 1. The van der Waals surface area contributed by atoms with Crippen molar-refractivity contribution in [2.45, 2.75) is 6.42 Å². The summed E-state index contributed by atoms with van der Waals surface area (Å²) in [6, 6.07) is 0. The van der Waals surface area contributed by atoms with E-state index in [1.165, 1.54) is 0 Å². The summed E-state index contributed by atoms with van der Waals surface area (Å²) in [5.41, 5.74) is 0. The number of hydrogen-bond acceptors (Lipinski definition) is 4. The summed E-state index contributed by atoms with van der Waals surface area (Å²) >= 11 is 0. The molecule has 0 unspecified atom stereocenters. The Labute approximate surface area is 91.6 Å². The first kappa shape index (κ1) is 12.9. The number of likely N-dealkylation sites (N-methyl/N-ethyl adjacent to an activating group) is 1. The quantitative estimate of drug-likeness (QED) is 0.565.